The summed E-state index contributed by atoms with van der Waals surface area (Å²) < 4.78 is 6.50. The number of halogens is 1. The monoisotopic (exact) mass is 312 g/mol. The Morgan fingerprint density at radius 2 is 2.00 bits per heavy atom. The Bertz CT molecular complexity index is 519. The minimum atomic E-state index is -0.908. The van der Waals surface area contributed by atoms with Gasteiger partial charge in [-0.2, -0.15) is 0 Å². The van der Waals surface area contributed by atoms with E-state index in [1.54, 1.807) is 11.4 Å². The first-order valence-electron chi connectivity index (χ1n) is 4.85. The van der Waals surface area contributed by atoms with Gasteiger partial charge in [-0.1, -0.05) is 15.9 Å². The molecule has 88 valence electrons. The molecule has 3 nitrogen and oxygen atoms in total. The summed E-state index contributed by atoms with van der Waals surface area (Å²) in [6.45, 7) is 0.271. The van der Waals surface area contributed by atoms with Gasteiger partial charge in [-0.05, 0) is 35.7 Å². The molecule has 1 heterocycles. The van der Waals surface area contributed by atoms with Crippen molar-refractivity contribution in [2.24, 2.45) is 0 Å². The van der Waals surface area contributed by atoms with Crippen molar-refractivity contribution in [1.82, 2.24) is 0 Å². The van der Waals surface area contributed by atoms with E-state index >= 15 is 0 Å². The number of aromatic carboxylic acids is 1. The van der Waals surface area contributed by atoms with E-state index in [1.165, 1.54) is 11.3 Å². The van der Waals surface area contributed by atoms with E-state index in [2.05, 4.69) is 15.9 Å². The summed E-state index contributed by atoms with van der Waals surface area (Å²) >= 11 is 4.54. The molecule has 2 rings (SSSR count). The lowest BCUT2D eigenvalue weighted by atomic mass is 10.3. The fraction of sp³-hybridized carbons (Fsp3) is 0.0833. The Morgan fingerprint density at radius 1 is 1.29 bits per heavy atom. The van der Waals surface area contributed by atoms with Gasteiger partial charge in [-0.25, -0.2) is 4.79 Å². The van der Waals surface area contributed by atoms with Gasteiger partial charge in [0, 0.05) is 10.0 Å². The van der Waals surface area contributed by atoms with Crippen molar-refractivity contribution in [3.05, 3.63) is 50.6 Å². The van der Waals surface area contributed by atoms with Gasteiger partial charge in [0.1, 0.15) is 17.2 Å². The largest absolute Gasteiger partial charge is 0.489 e. The second-order valence-electron chi connectivity index (χ2n) is 3.32. The number of carbonyl (C=O) groups is 1. The Morgan fingerprint density at radius 3 is 2.65 bits per heavy atom. The molecule has 0 fully saturated rings. The zero-order valence-electron chi connectivity index (χ0n) is 8.72. The molecule has 0 unspecified atom stereocenters. The van der Waals surface area contributed by atoms with E-state index in [0.29, 0.717) is 10.4 Å². The number of ether oxygens (including phenoxy) is 1. The molecule has 1 aromatic carbocycles. The van der Waals surface area contributed by atoms with E-state index in [0.717, 1.165) is 10.2 Å². The van der Waals surface area contributed by atoms with Crippen molar-refractivity contribution < 1.29 is 14.6 Å². The average molecular weight is 313 g/mol. The Labute approximate surface area is 111 Å². The van der Waals surface area contributed by atoms with Crippen molar-refractivity contribution in [1.29, 1.82) is 0 Å². The van der Waals surface area contributed by atoms with Crippen LogP contribution in [0.15, 0.2) is 40.2 Å². The van der Waals surface area contributed by atoms with Gasteiger partial charge in [-0.15, -0.1) is 11.3 Å². The quantitative estimate of drug-likeness (QED) is 0.934. The maximum atomic E-state index is 10.9. The third kappa shape index (κ3) is 3.08. The molecule has 0 atom stereocenters. The molecule has 0 aliphatic heterocycles. The van der Waals surface area contributed by atoms with Gasteiger partial charge < -0.3 is 9.84 Å². The number of thiophene rings is 1. The highest BCUT2D eigenvalue weighted by Crippen LogP contribution is 2.21. The summed E-state index contributed by atoms with van der Waals surface area (Å²) in [6.07, 6.45) is 0. The minimum absolute atomic E-state index is 0.271. The molecule has 17 heavy (non-hydrogen) atoms. The third-order valence-corrected chi connectivity index (χ3v) is 3.62. The molecule has 0 saturated carbocycles. The van der Waals surface area contributed by atoms with Crippen LogP contribution in [0.25, 0.3) is 0 Å². The van der Waals surface area contributed by atoms with Crippen LogP contribution in [0.3, 0.4) is 0 Å². The maximum absolute atomic E-state index is 10.9. The molecule has 0 saturated heterocycles. The molecule has 1 N–H and O–H groups in total. The molecular weight excluding hydrogens is 304 g/mol. The first-order chi connectivity index (χ1) is 8.16. The molecule has 1 aromatic heterocycles. The predicted molar refractivity (Wildman–Crippen MR) is 69.8 cm³/mol. The van der Waals surface area contributed by atoms with Gasteiger partial charge in [0.05, 0.1) is 0 Å². The van der Waals surface area contributed by atoms with Crippen LogP contribution < -0.4 is 4.74 Å². The number of benzene rings is 1. The van der Waals surface area contributed by atoms with Crippen LogP contribution in [-0.4, -0.2) is 11.1 Å². The summed E-state index contributed by atoms with van der Waals surface area (Å²) in [7, 11) is 0. The van der Waals surface area contributed by atoms with Crippen molar-refractivity contribution in [3.63, 3.8) is 0 Å². The van der Waals surface area contributed by atoms with Crippen LogP contribution in [0.4, 0.5) is 0 Å². The van der Waals surface area contributed by atoms with Gasteiger partial charge in [0.25, 0.3) is 0 Å². The van der Waals surface area contributed by atoms with Crippen LogP contribution in [0.1, 0.15) is 15.2 Å². The first kappa shape index (κ1) is 12.1. The van der Waals surface area contributed by atoms with E-state index in [4.69, 9.17) is 9.84 Å². The zero-order chi connectivity index (χ0) is 12.3. The summed E-state index contributed by atoms with van der Waals surface area (Å²) in [6, 6.07) is 9.18. The second-order valence-corrected chi connectivity index (χ2v) is 5.15. The fourth-order valence-electron chi connectivity index (χ4n) is 1.33. The standard InChI is InChI=1S/C12H9BrO3S/c13-9-1-3-10(4-2-9)16-7-8-5-6-17-11(8)12(14)15/h1-6H,7H2,(H,14,15). The summed E-state index contributed by atoms with van der Waals surface area (Å²) in [5, 5.41) is 10.7. The number of carboxylic acid groups (broad SMARTS) is 1. The van der Waals surface area contributed by atoms with E-state index < -0.39 is 5.97 Å². The van der Waals surface area contributed by atoms with Crippen molar-refractivity contribution in [2.45, 2.75) is 6.61 Å². The lowest BCUT2D eigenvalue weighted by molar-refractivity contribution is 0.0699. The average Bonchev–Trinajstić information content (AvgIpc) is 2.76. The molecule has 0 amide bonds. The Balaban J connectivity index is 2.05. The number of rotatable bonds is 4. The lowest BCUT2D eigenvalue weighted by Crippen LogP contribution is -2.01. The highest BCUT2D eigenvalue weighted by molar-refractivity contribution is 9.10. The highest BCUT2D eigenvalue weighted by Gasteiger charge is 2.11. The van der Waals surface area contributed by atoms with E-state index in [9.17, 15) is 4.79 Å². The topological polar surface area (TPSA) is 46.5 Å². The zero-order valence-corrected chi connectivity index (χ0v) is 11.1. The van der Waals surface area contributed by atoms with Crippen LogP contribution in [0.5, 0.6) is 5.75 Å². The molecule has 2 aromatic rings. The molecular formula is C12H9BrO3S. The van der Waals surface area contributed by atoms with Gasteiger partial charge >= 0.3 is 5.97 Å². The molecule has 5 heteroatoms. The summed E-state index contributed by atoms with van der Waals surface area (Å²) in [5.74, 6) is -0.190. The molecule has 0 bridgehead atoms. The van der Waals surface area contributed by atoms with Crippen LogP contribution in [0.2, 0.25) is 0 Å². The predicted octanol–water partition coefficient (Wildman–Crippen LogP) is 3.79. The van der Waals surface area contributed by atoms with Crippen molar-refractivity contribution >= 4 is 33.2 Å². The smallest absolute Gasteiger partial charge is 0.346 e. The highest BCUT2D eigenvalue weighted by atomic mass is 79.9. The molecule has 0 radical (unpaired) electrons. The van der Waals surface area contributed by atoms with Gasteiger partial charge in [0.2, 0.25) is 0 Å². The lowest BCUT2D eigenvalue weighted by Gasteiger charge is -2.05. The second kappa shape index (κ2) is 5.33. The Kier molecular flexibility index (Phi) is 3.81. The van der Waals surface area contributed by atoms with Crippen LogP contribution >= 0.6 is 27.3 Å². The molecule has 0 aliphatic rings. The van der Waals surface area contributed by atoms with E-state index in [1.807, 2.05) is 24.3 Å². The summed E-state index contributed by atoms with van der Waals surface area (Å²) in [5.41, 5.74) is 0.699. The van der Waals surface area contributed by atoms with Gasteiger partial charge in [0.15, 0.2) is 0 Å². The Hall–Kier alpha value is -1.33. The maximum Gasteiger partial charge on any atom is 0.346 e. The van der Waals surface area contributed by atoms with E-state index in [-0.39, 0.29) is 6.61 Å². The summed E-state index contributed by atoms with van der Waals surface area (Å²) in [4.78, 5) is 11.2. The normalized spacial score (nSPS) is 10.2. The number of carboxylic acids is 1. The van der Waals surface area contributed by atoms with Crippen molar-refractivity contribution in [2.75, 3.05) is 0 Å². The van der Waals surface area contributed by atoms with Crippen LogP contribution in [-0.2, 0) is 6.61 Å². The minimum Gasteiger partial charge on any atom is -0.489 e. The number of hydrogen-bond acceptors (Lipinski definition) is 3. The van der Waals surface area contributed by atoms with Crippen LogP contribution in [0, 0.1) is 0 Å². The SMILES string of the molecule is O=C(O)c1sccc1COc1ccc(Br)cc1. The fourth-order valence-corrected chi connectivity index (χ4v) is 2.34. The third-order valence-electron chi connectivity index (χ3n) is 2.15. The molecule has 0 aliphatic carbocycles. The molecule has 0 spiro atoms. The van der Waals surface area contributed by atoms with Crippen molar-refractivity contribution in [3.8, 4) is 5.75 Å². The number of hydrogen-bond donors (Lipinski definition) is 1. The first-order valence-corrected chi connectivity index (χ1v) is 6.52. The van der Waals surface area contributed by atoms with Gasteiger partial charge in [-0.3, -0.25) is 0 Å².